The van der Waals surface area contributed by atoms with Crippen LogP contribution in [-0.2, 0) is 4.79 Å². The van der Waals surface area contributed by atoms with Gasteiger partial charge >= 0.3 is 0 Å². The smallest absolute Gasteiger partial charge is 0.260 e. The molecule has 0 heterocycles. The molecule has 120 valence electrons. The Bertz CT molecular complexity index is 541. The molecular formula is C18H25NO3. The Morgan fingerprint density at radius 1 is 1.27 bits per heavy atom. The number of hydrogen-bond acceptors (Lipinski definition) is 3. The van der Waals surface area contributed by atoms with E-state index in [2.05, 4.69) is 6.92 Å². The average Bonchev–Trinajstić information content (AvgIpc) is 2.52. The highest BCUT2D eigenvalue weighted by molar-refractivity contribution is 5.94. The first-order chi connectivity index (χ1) is 10.5. The Balaban J connectivity index is 1.91. The van der Waals surface area contributed by atoms with Gasteiger partial charge in [0.15, 0.2) is 12.4 Å². The summed E-state index contributed by atoms with van der Waals surface area (Å²) >= 11 is 0. The van der Waals surface area contributed by atoms with Crippen molar-refractivity contribution in [3.8, 4) is 5.75 Å². The number of carbonyl (C=O) groups excluding carboxylic acids is 2. The molecule has 2 rings (SSSR count). The molecule has 0 aliphatic heterocycles. The summed E-state index contributed by atoms with van der Waals surface area (Å²) in [6, 6.07) is 7.27. The summed E-state index contributed by atoms with van der Waals surface area (Å²) in [6.45, 7) is 3.74. The summed E-state index contributed by atoms with van der Waals surface area (Å²) in [5, 5.41) is 0. The van der Waals surface area contributed by atoms with Crippen LogP contribution in [0.5, 0.6) is 5.75 Å². The van der Waals surface area contributed by atoms with Crippen molar-refractivity contribution in [1.29, 1.82) is 0 Å². The third-order valence-corrected chi connectivity index (χ3v) is 4.56. The second-order valence-corrected chi connectivity index (χ2v) is 6.21. The number of nitrogens with zero attached hydrogens (tertiary/aromatic N) is 1. The zero-order chi connectivity index (χ0) is 16.1. The van der Waals surface area contributed by atoms with Crippen LogP contribution in [0.15, 0.2) is 24.3 Å². The fourth-order valence-corrected chi connectivity index (χ4v) is 3.11. The number of amides is 1. The summed E-state index contributed by atoms with van der Waals surface area (Å²) in [4.78, 5) is 25.5. The summed E-state index contributed by atoms with van der Waals surface area (Å²) < 4.78 is 5.56. The molecule has 0 bridgehead atoms. The van der Waals surface area contributed by atoms with Crippen LogP contribution in [0.3, 0.4) is 0 Å². The van der Waals surface area contributed by atoms with Gasteiger partial charge in [-0.05, 0) is 37.8 Å². The molecule has 2 unspecified atom stereocenters. The topological polar surface area (TPSA) is 46.6 Å². The highest BCUT2D eigenvalue weighted by Crippen LogP contribution is 2.27. The quantitative estimate of drug-likeness (QED) is 0.784. The van der Waals surface area contributed by atoms with Crippen molar-refractivity contribution < 1.29 is 14.3 Å². The van der Waals surface area contributed by atoms with E-state index in [1.54, 1.807) is 24.3 Å². The monoisotopic (exact) mass is 303 g/mol. The second-order valence-electron chi connectivity index (χ2n) is 6.21. The molecule has 1 aromatic rings. The zero-order valence-electron chi connectivity index (χ0n) is 13.7. The zero-order valence-corrected chi connectivity index (χ0v) is 13.7. The Morgan fingerprint density at radius 2 is 2.00 bits per heavy atom. The Morgan fingerprint density at radius 3 is 2.68 bits per heavy atom. The van der Waals surface area contributed by atoms with Crippen LogP contribution in [0, 0.1) is 5.92 Å². The van der Waals surface area contributed by atoms with E-state index in [4.69, 9.17) is 4.74 Å². The number of rotatable bonds is 5. The Kier molecular flexibility index (Phi) is 5.58. The van der Waals surface area contributed by atoms with Gasteiger partial charge in [0.25, 0.3) is 5.91 Å². The van der Waals surface area contributed by atoms with Gasteiger partial charge < -0.3 is 9.64 Å². The van der Waals surface area contributed by atoms with E-state index >= 15 is 0 Å². The maximum absolute atomic E-state index is 12.3. The van der Waals surface area contributed by atoms with Crippen molar-refractivity contribution in [3.63, 3.8) is 0 Å². The van der Waals surface area contributed by atoms with E-state index in [1.165, 1.54) is 26.2 Å². The lowest BCUT2D eigenvalue weighted by Crippen LogP contribution is -2.44. The lowest BCUT2D eigenvalue weighted by Gasteiger charge is -2.36. The molecule has 4 heteroatoms. The molecule has 1 aliphatic carbocycles. The lowest BCUT2D eigenvalue weighted by molar-refractivity contribution is -0.135. The Labute approximate surface area is 132 Å². The van der Waals surface area contributed by atoms with Crippen LogP contribution in [-0.4, -0.2) is 36.3 Å². The number of likely N-dealkylation sites (N-methyl/N-ethyl adjacent to an activating group) is 1. The van der Waals surface area contributed by atoms with Crippen LogP contribution in [0.1, 0.15) is 49.9 Å². The fourth-order valence-electron chi connectivity index (χ4n) is 3.11. The van der Waals surface area contributed by atoms with Crippen molar-refractivity contribution >= 4 is 11.7 Å². The number of benzene rings is 1. The molecule has 1 amide bonds. The number of hydrogen-bond donors (Lipinski definition) is 0. The van der Waals surface area contributed by atoms with Gasteiger partial charge in [-0.2, -0.15) is 0 Å². The summed E-state index contributed by atoms with van der Waals surface area (Å²) in [6.07, 6.45) is 4.70. The molecule has 1 aromatic carbocycles. The van der Waals surface area contributed by atoms with Gasteiger partial charge in [-0.1, -0.05) is 31.9 Å². The lowest BCUT2D eigenvalue weighted by atomic mass is 9.85. The van der Waals surface area contributed by atoms with Gasteiger partial charge in [0, 0.05) is 18.7 Å². The Hall–Kier alpha value is -1.84. The van der Waals surface area contributed by atoms with Crippen LogP contribution in [0.4, 0.5) is 0 Å². The first-order valence-corrected chi connectivity index (χ1v) is 7.98. The van der Waals surface area contributed by atoms with E-state index in [0.717, 1.165) is 6.42 Å². The van der Waals surface area contributed by atoms with Gasteiger partial charge in [-0.15, -0.1) is 0 Å². The SMILES string of the molecule is CC(=O)c1cccc(OCC(=O)N(C)C2CCCCC2C)c1. The summed E-state index contributed by atoms with van der Waals surface area (Å²) in [5.41, 5.74) is 0.596. The van der Waals surface area contributed by atoms with Crippen LogP contribution < -0.4 is 4.74 Å². The number of Topliss-reactive ketones (excluding diaryl/α,β-unsaturated/α-hetero) is 1. The van der Waals surface area contributed by atoms with Crippen molar-refractivity contribution in [2.45, 2.75) is 45.6 Å². The van der Waals surface area contributed by atoms with Crippen molar-refractivity contribution in [2.75, 3.05) is 13.7 Å². The number of ketones is 1. The molecule has 0 radical (unpaired) electrons. The number of carbonyl (C=O) groups is 2. The molecule has 1 fully saturated rings. The third kappa shape index (κ3) is 4.09. The van der Waals surface area contributed by atoms with E-state index in [-0.39, 0.29) is 18.3 Å². The molecule has 1 saturated carbocycles. The molecule has 2 atom stereocenters. The minimum Gasteiger partial charge on any atom is -0.484 e. The van der Waals surface area contributed by atoms with Crippen molar-refractivity contribution in [2.24, 2.45) is 5.92 Å². The highest BCUT2D eigenvalue weighted by atomic mass is 16.5. The van der Waals surface area contributed by atoms with Gasteiger partial charge in [-0.3, -0.25) is 9.59 Å². The molecule has 1 aliphatic rings. The van der Waals surface area contributed by atoms with Crippen LogP contribution in [0.2, 0.25) is 0 Å². The molecule has 0 spiro atoms. The maximum atomic E-state index is 12.3. The van der Waals surface area contributed by atoms with E-state index < -0.39 is 0 Å². The predicted octanol–water partition coefficient (Wildman–Crippen LogP) is 3.31. The van der Waals surface area contributed by atoms with Gasteiger partial charge in [0.2, 0.25) is 0 Å². The summed E-state index contributed by atoms with van der Waals surface area (Å²) in [5.74, 6) is 1.09. The first kappa shape index (κ1) is 16.5. The second kappa shape index (κ2) is 7.43. The van der Waals surface area contributed by atoms with Crippen LogP contribution >= 0.6 is 0 Å². The van der Waals surface area contributed by atoms with Gasteiger partial charge in [-0.25, -0.2) is 0 Å². The molecular weight excluding hydrogens is 278 g/mol. The maximum Gasteiger partial charge on any atom is 0.260 e. The van der Waals surface area contributed by atoms with E-state index in [9.17, 15) is 9.59 Å². The van der Waals surface area contributed by atoms with E-state index in [0.29, 0.717) is 23.3 Å². The van der Waals surface area contributed by atoms with Crippen molar-refractivity contribution in [1.82, 2.24) is 4.90 Å². The van der Waals surface area contributed by atoms with Crippen molar-refractivity contribution in [3.05, 3.63) is 29.8 Å². The first-order valence-electron chi connectivity index (χ1n) is 7.98. The fraction of sp³-hybridized carbons (Fsp3) is 0.556. The minimum atomic E-state index is -0.00933. The number of ether oxygens (including phenoxy) is 1. The van der Waals surface area contributed by atoms with Crippen LogP contribution in [0.25, 0.3) is 0 Å². The minimum absolute atomic E-state index is 0.00743. The molecule has 0 saturated heterocycles. The molecule has 4 nitrogen and oxygen atoms in total. The molecule has 0 aromatic heterocycles. The highest BCUT2D eigenvalue weighted by Gasteiger charge is 2.27. The molecule has 22 heavy (non-hydrogen) atoms. The standard InChI is InChI=1S/C18H25NO3/c1-13-7-4-5-10-17(13)19(3)18(21)12-22-16-9-6-8-15(11-16)14(2)20/h6,8-9,11,13,17H,4-5,7,10,12H2,1-3H3. The van der Waals surface area contributed by atoms with Gasteiger partial charge in [0.1, 0.15) is 5.75 Å². The summed E-state index contributed by atoms with van der Waals surface area (Å²) in [7, 11) is 1.87. The predicted molar refractivity (Wildman–Crippen MR) is 86.1 cm³/mol. The normalized spacial score (nSPS) is 21.2. The van der Waals surface area contributed by atoms with E-state index in [1.807, 2.05) is 11.9 Å². The van der Waals surface area contributed by atoms with Gasteiger partial charge in [0.05, 0.1) is 0 Å². The average molecular weight is 303 g/mol. The largest absolute Gasteiger partial charge is 0.484 e. The molecule has 0 N–H and O–H groups in total. The third-order valence-electron chi connectivity index (χ3n) is 4.56.